The molecule has 0 saturated carbocycles. The zero-order chi connectivity index (χ0) is 14.6. The third-order valence-corrected chi connectivity index (χ3v) is 2.91. The molecule has 5 heteroatoms. The first kappa shape index (κ1) is 14.4. The molecule has 2 rings (SSSR count). The van der Waals surface area contributed by atoms with Gasteiger partial charge in [0.15, 0.2) is 0 Å². The Morgan fingerprint density at radius 2 is 1.75 bits per heavy atom. The number of alkyl halides is 3. The van der Waals surface area contributed by atoms with Crippen LogP contribution < -0.4 is 5.32 Å². The minimum Gasteiger partial charge on any atom is -0.385 e. The zero-order valence-electron chi connectivity index (χ0n) is 11.0. The van der Waals surface area contributed by atoms with Crippen LogP contribution in [0.3, 0.4) is 0 Å². The van der Waals surface area contributed by atoms with E-state index in [1.54, 1.807) is 0 Å². The summed E-state index contributed by atoms with van der Waals surface area (Å²) in [5.74, 6) is 0. The lowest BCUT2D eigenvalue weighted by molar-refractivity contribution is -0.141. The van der Waals surface area contributed by atoms with Crippen molar-refractivity contribution in [3.63, 3.8) is 0 Å². The molecule has 1 aromatic heterocycles. The molecule has 0 spiro atoms. The third-order valence-electron chi connectivity index (χ3n) is 2.91. The summed E-state index contributed by atoms with van der Waals surface area (Å²) in [5, 5.41) is 3.22. The molecule has 106 valence electrons. The number of nitrogens with zero attached hydrogens (tertiary/aromatic N) is 1. The second-order valence-corrected chi connectivity index (χ2v) is 4.59. The van der Waals surface area contributed by atoms with Crippen molar-refractivity contribution >= 4 is 5.69 Å². The zero-order valence-corrected chi connectivity index (χ0v) is 11.0. The minimum atomic E-state index is -4.38. The highest BCUT2D eigenvalue weighted by Crippen LogP contribution is 2.27. The van der Waals surface area contributed by atoms with Gasteiger partial charge in [-0.3, -0.25) is 4.98 Å². The number of benzene rings is 1. The second kappa shape index (κ2) is 5.94. The summed E-state index contributed by atoms with van der Waals surface area (Å²) in [6, 6.07) is 10.4. The minimum absolute atomic E-state index is 0.624. The highest BCUT2D eigenvalue weighted by molar-refractivity contribution is 5.44. The number of aryl methyl sites for hydroxylation is 1. The van der Waals surface area contributed by atoms with Crippen LogP contribution in [0.4, 0.5) is 18.9 Å². The van der Waals surface area contributed by atoms with E-state index in [1.165, 1.54) is 17.8 Å². The highest BCUT2D eigenvalue weighted by atomic mass is 19.4. The van der Waals surface area contributed by atoms with E-state index in [9.17, 15) is 13.2 Å². The molecule has 1 aromatic carbocycles. The van der Waals surface area contributed by atoms with E-state index >= 15 is 0 Å². The molecule has 0 atom stereocenters. The number of pyridine rings is 1. The van der Waals surface area contributed by atoms with Crippen LogP contribution in [0.1, 0.15) is 16.8 Å². The third kappa shape index (κ3) is 3.98. The summed E-state index contributed by atoms with van der Waals surface area (Å²) >= 11 is 0. The summed E-state index contributed by atoms with van der Waals surface area (Å²) in [6.45, 7) is 2.66. The molecule has 1 heterocycles. The van der Waals surface area contributed by atoms with Gasteiger partial charge in [0, 0.05) is 18.4 Å². The van der Waals surface area contributed by atoms with Gasteiger partial charge in [0.1, 0.15) is 5.69 Å². The van der Waals surface area contributed by atoms with Crippen molar-refractivity contribution in [2.24, 2.45) is 0 Å². The van der Waals surface area contributed by atoms with Gasteiger partial charge in [0.25, 0.3) is 0 Å². The fraction of sp³-hybridized carbons (Fsp3) is 0.267. The topological polar surface area (TPSA) is 24.9 Å². The largest absolute Gasteiger partial charge is 0.433 e. The fourth-order valence-electron chi connectivity index (χ4n) is 1.76. The number of rotatable bonds is 4. The molecule has 0 aliphatic carbocycles. The molecule has 0 amide bonds. The van der Waals surface area contributed by atoms with Crippen LogP contribution in [0, 0.1) is 6.92 Å². The van der Waals surface area contributed by atoms with Crippen LogP contribution in [0.25, 0.3) is 0 Å². The number of hydrogen-bond acceptors (Lipinski definition) is 2. The van der Waals surface area contributed by atoms with Gasteiger partial charge in [-0.25, -0.2) is 0 Å². The first-order valence-corrected chi connectivity index (χ1v) is 6.28. The molecule has 0 saturated heterocycles. The Balaban J connectivity index is 1.87. The Bertz CT molecular complexity index is 545. The average molecular weight is 280 g/mol. The normalized spacial score (nSPS) is 11.4. The molecule has 0 fully saturated rings. The van der Waals surface area contributed by atoms with Crippen LogP contribution >= 0.6 is 0 Å². The molecule has 2 aromatic rings. The first-order valence-electron chi connectivity index (χ1n) is 6.28. The fourth-order valence-corrected chi connectivity index (χ4v) is 1.76. The molecular formula is C15H15F3N2. The van der Waals surface area contributed by atoms with Crippen LogP contribution in [-0.4, -0.2) is 11.5 Å². The van der Waals surface area contributed by atoms with E-state index in [2.05, 4.69) is 10.3 Å². The number of hydrogen-bond donors (Lipinski definition) is 1. The molecule has 0 aliphatic rings. The van der Waals surface area contributed by atoms with Gasteiger partial charge in [-0.2, -0.15) is 13.2 Å². The Kier molecular flexibility index (Phi) is 4.27. The Morgan fingerprint density at radius 3 is 2.30 bits per heavy atom. The van der Waals surface area contributed by atoms with Crippen LogP contribution in [-0.2, 0) is 12.6 Å². The molecule has 0 bridgehead atoms. The van der Waals surface area contributed by atoms with Gasteiger partial charge in [0.2, 0.25) is 0 Å². The number of anilines is 1. The predicted octanol–water partition coefficient (Wildman–Crippen LogP) is 4.06. The molecule has 0 unspecified atom stereocenters. The molecule has 1 N–H and O–H groups in total. The molecule has 0 aliphatic heterocycles. The number of nitrogens with one attached hydrogen (secondary N) is 1. The lowest BCUT2D eigenvalue weighted by Gasteiger charge is -2.08. The number of aromatic nitrogens is 1. The van der Waals surface area contributed by atoms with Crippen molar-refractivity contribution in [1.82, 2.24) is 4.98 Å². The lowest BCUT2D eigenvalue weighted by Crippen LogP contribution is -2.09. The van der Waals surface area contributed by atoms with Gasteiger partial charge in [-0.15, -0.1) is 0 Å². The predicted molar refractivity (Wildman–Crippen MR) is 72.6 cm³/mol. The van der Waals surface area contributed by atoms with Gasteiger partial charge < -0.3 is 5.32 Å². The summed E-state index contributed by atoms with van der Waals surface area (Å²) in [5.41, 5.74) is 2.10. The van der Waals surface area contributed by atoms with E-state index in [-0.39, 0.29) is 0 Å². The number of halogens is 3. The Hall–Kier alpha value is -2.04. The summed E-state index contributed by atoms with van der Waals surface area (Å²) in [7, 11) is 0. The molecule has 20 heavy (non-hydrogen) atoms. The smallest absolute Gasteiger partial charge is 0.385 e. The Morgan fingerprint density at radius 1 is 1.05 bits per heavy atom. The van der Waals surface area contributed by atoms with E-state index in [1.807, 2.05) is 31.2 Å². The second-order valence-electron chi connectivity index (χ2n) is 4.59. The first-order chi connectivity index (χ1) is 9.45. The van der Waals surface area contributed by atoms with Crippen molar-refractivity contribution in [2.75, 3.05) is 11.9 Å². The maximum atomic E-state index is 12.4. The van der Waals surface area contributed by atoms with E-state index in [0.717, 1.165) is 17.3 Å². The highest BCUT2D eigenvalue weighted by Gasteiger charge is 2.31. The van der Waals surface area contributed by atoms with Crippen LogP contribution in [0.15, 0.2) is 42.6 Å². The molecule has 2 nitrogen and oxygen atoms in total. The maximum Gasteiger partial charge on any atom is 0.433 e. The van der Waals surface area contributed by atoms with Gasteiger partial charge in [0.05, 0.1) is 0 Å². The molecule has 0 radical (unpaired) electrons. The Labute approximate surface area is 115 Å². The van der Waals surface area contributed by atoms with Crippen molar-refractivity contribution in [3.05, 3.63) is 59.4 Å². The standard InChI is InChI=1S/C15H15F3N2/c1-11-2-5-13(6-3-11)19-9-8-12-4-7-14(20-10-12)15(16,17)18/h2-7,10,19H,8-9H2,1H3. The van der Waals surface area contributed by atoms with E-state index in [0.29, 0.717) is 13.0 Å². The van der Waals surface area contributed by atoms with E-state index < -0.39 is 11.9 Å². The maximum absolute atomic E-state index is 12.4. The molecular weight excluding hydrogens is 265 g/mol. The monoisotopic (exact) mass is 280 g/mol. The van der Waals surface area contributed by atoms with Crippen LogP contribution in [0.5, 0.6) is 0 Å². The summed E-state index contributed by atoms with van der Waals surface area (Å²) in [4.78, 5) is 3.43. The van der Waals surface area contributed by atoms with Crippen molar-refractivity contribution in [3.8, 4) is 0 Å². The SMILES string of the molecule is Cc1ccc(NCCc2ccc(C(F)(F)F)nc2)cc1. The summed E-state index contributed by atoms with van der Waals surface area (Å²) in [6.07, 6.45) is -2.47. The van der Waals surface area contributed by atoms with Gasteiger partial charge in [-0.05, 0) is 37.1 Å². The average Bonchev–Trinajstić information content (AvgIpc) is 2.41. The summed E-state index contributed by atoms with van der Waals surface area (Å²) < 4.78 is 37.1. The van der Waals surface area contributed by atoms with Crippen molar-refractivity contribution < 1.29 is 13.2 Å². The lowest BCUT2D eigenvalue weighted by atomic mass is 10.2. The van der Waals surface area contributed by atoms with Gasteiger partial charge in [-0.1, -0.05) is 23.8 Å². The van der Waals surface area contributed by atoms with Crippen molar-refractivity contribution in [1.29, 1.82) is 0 Å². The van der Waals surface area contributed by atoms with Crippen molar-refractivity contribution in [2.45, 2.75) is 19.5 Å². The van der Waals surface area contributed by atoms with Crippen LogP contribution in [0.2, 0.25) is 0 Å². The van der Waals surface area contributed by atoms with Gasteiger partial charge >= 0.3 is 6.18 Å². The van der Waals surface area contributed by atoms with E-state index in [4.69, 9.17) is 0 Å². The quantitative estimate of drug-likeness (QED) is 0.913.